The van der Waals surface area contributed by atoms with Crippen LogP contribution in [-0.4, -0.2) is 20.1 Å². The molecule has 0 bridgehead atoms. The molecule has 0 aliphatic rings. The molecule has 4 heteroatoms. The summed E-state index contributed by atoms with van der Waals surface area (Å²) in [5, 5.41) is 19.5. The van der Waals surface area contributed by atoms with E-state index < -0.39 is 0 Å². The van der Waals surface area contributed by atoms with Crippen LogP contribution < -0.4 is 0 Å². The van der Waals surface area contributed by atoms with Gasteiger partial charge in [-0.05, 0) is 41.7 Å². The minimum atomic E-state index is 0.250. The van der Waals surface area contributed by atoms with Gasteiger partial charge in [0.1, 0.15) is 22.5 Å². The molecule has 108 valence electrons. The third kappa shape index (κ3) is 2.37. The summed E-state index contributed by atoms with van der Waals surface area (Å²) in [5.74, 6) is 0.516. The van der Waals surface area contributed by atoms with Crippen LogP contribution in [0.25, 0.3) is 16.7 Å². The SMILES string of the molecule is CCc1cc(C(C)C)c(O)c(-n2nc3ccccc3n2)c1. The summed E-state index contributed by atoms with van der Waals surface area (Å²) < 4.78 is 0. The van der Waals surface area contributed by atoms with Gasteiger partial charge in [0.2, 0.25) is 0 Å². The van der Waals surface area contributed by atoms with E-state index in [4.69, 9.17) is 0 Å². The maximum atomic E-state index is 10.6. The molecule has 0 aliphatic carbocycles. The minimum absolute atomic E-state index is 0.250. The Morgan fingerprint density at radius 3 is 2.24 bits per heavy atom. The topological polar surface area (TPSA) is 50.9 Å². The molecule has 1 heterocycles. The highest BCUT2D eigenvalue weighted by atomic mass is 16.3. The first-order valence-corrected chi connectivity index (χ1v) is 7.28. The number of phenols is 1. The minimum Gasteiger partial charge on any atom is -0.505 e. The Labute approximate surface area is 124 Å². The molecule has 3 rings (SSSR count). The van der Waals surface area contributed by atoms with E-state index in [1.807, 2.05) is 30.3 Å². The predicted molar refractivity (Wildman–Crippen MR) is 84.0 cm³/mol. The van der Waals surface area contributed by atoms with Crippen LogP contribution in [0.1, 0.15) is 37.8 Å². The monoisotopic (exact) mass is 281 g/mol. The second kappa shape index (κ2) is 5.20. The van der Waals surface area contributed by atoms with Gasteiger partial charge in [0.25, 0.3) is 0 Å². The summed E-state index contributed by atoms with van der Waals surface area (Å²) in [6, 6.07) is 11.7. The average Bonchev–Trinajstić information content (AvgIpc) is 2.90. The first-order valence-electron chi connectivity index (χ1n) is 7.28. The van der Waals surface area contributed by atoms with Crippen molar-refractivity contribution in [2.24, 2.45) is 0 Å². The predicted octanol–water partition coefficient (Wildman–Crippen LogP) is 3.81. The first kappa shape index (κ1) is 13.6. The van der Waals surface area contributed by atoms with Gasteiger partial charge in [-0.2, -0.15) is 0 Å². The molecule has 0 radical (unpaired) electrons. The van der Waals surface area contributed by atoms with Crippen molar-refractivity contribution in [3.8, 4) is 11.4 Å². The Balaban J connectivity index is 2.22. The van der Waals surface area contributed by atoms with Crippen molar-refractivity contribution in [1.29, 1.82) is 0 Å². The molecule has 4 nitrogen and oxygen atoms in total. The molecule has 1 N–H and O–H groups in total. The van der Waals surface area contributed by atoms with Crippen LogP contribution in [-0.2, 0) is 6.42 Å². The zero-order valence-corrected chi connectivity index (χ0v) is 12.5. The van der Waals surface area contributed by atoms with Crippen LogP contribution in [0, 0.1) is 0 Å². The highest BCUT2D eigenvalue weighted by molar-refractivity contribution is 5.73. The molecule has 0 spiro atoms. The molecule has 0 aliphatic heterocycles. The fraction of sp³-hybridized carbons (Fsp3) is 0.294. The zero-order valence-electron chi connectivity index (χ0n) is 12.5. The van der Waals surface area contributed by atoms with Crippen LogP contribution in [0.2, 0.25) is 0 Å². The molecule has 3 aromatic rings. The number of rotatable bonds is 3. The smallest absolute Gasteiger partial charge is 0.146 e. The molecular weight excluding hydrogens is 262 g/mol. The van der Waals surface area contributed by atoms with E-state index in [2.05, 4.69) is 37.0 Å². The van der Waals surface area contributed by atoms with E-state index in [1.165, 1.54) is 10.4 Å². The van der Waals surface area contributed by atoms with Crippen molar-refractivity contribution in [3.63, 3.8) is 0 Å². The first-order chi connectivity index (χ1) is 10.1. The fourth-order valence-corrected chi connectivity index (χ4v) is 2.47. The third-order valence-corrected chi connectivity index (χ3v) is 3.71. The van der Waals surface area contributed by atoms with Crippen LogP contribution in [0.5, 0.6) is 5.75 Å². The van der Waals surface area contributed by atoms with Crippen LogP contribution in [0.4, 0.5) is 0 Å². The van der Waals surface area contributed by atoms with E-state index in [1.54, 1.807) is 0 Å². The van der Waals surface area contributed by atoms with Crippen molar-refractivity contribution in [3.05, 3.63) is 47.5 Å². The quantitative estimate of drug-likeness (QED) is 0.794. The lowest BCUT2D eigenvalue weighted by Crippen LogP contribution is -2.03. The Bertz CT molecular complexity index is 757. The molecule has 0 atom stereocenters. The Morgan fingerprint density at radius 2 is 1.71 bits per heavy atom. The molecule has 0 amide bonds. The molecule has 2 aromatic carbocycles. The number of phenolic OH excluding ortho intramolecular Hbond substituents is 1. The van der Waals surface area contributed by atoms with Crippen molar-refractivity contribution < 1.29 is 5.11 Å². The number of nitrogens with zero attached hydrogens (tertiary/aromatic N) is 3. The van der Waals surface area contributed by atoms with Crippen LogP contribution in [0.3, 0.4) is 0 Å². The van der Waals surface area contributed by atoms with Crippen LogP contribution in [0.15, 0.2) is 36.4 Å². The van der Waals surface area contributed by atoms with Gasteiger partial charge >= 0.3 is 0 Å². The van der Waals surface area contributed by atoms with Gasteiger partial charge in [0.15, 0.2) is 0 Å². The number of benzene rings is 2. The summed E-state index contributed by atoms with van der Waals surface area (Å²) >= 11 is 0. The van der Waals surface area contributed by atoms with Crippen LogP contribution >= 0.6 is 0 Å². The summed E-state index contributed by atoms with van der Waals surface area (Å²) in [5.41, 5.74) is 4.41. The van der Waals surface area contributed by atoms with Gasteiger partial charge in [-0.25, -0.2) is 0 Å². The largest absolute Gasteiger partial charge is 0.505 e. The van der Waals surface area contributed by atoms with E-state index in [9.17, 15) is 5.11 Å². The standard InChI is InChI=1S/C17H19N3O/c1-4-12-9-13(11(2)3)17(21)16(10-12)20-18-14-7-5-6-8-15(14)19-20/h5-11,21H,4H2,1-3H3. The van der Waals surface area contributed by atoms with E-state index >= 15 is 0 Å². The number of hydrogen-bond donors (Lipinski definition) is 1. The number of hydrogen-bond acceptors (Lipinski definition) is 3. The van der Waals surface area contributed by atoms with Crippen molar-refractivity contribution in [2.75, 3.05) is 0 Å². The van der Waals surface area contributed by atoms with Crippen molar-refractivity contribution >= 4 is 11.0 Å². The lowest BCUT2D eigenvalue weighted by Gasteiger charge is -2.14. The lowest BCUT2D eigenvalue weighted by molar-refractivity contribution is 0.457. The summed E-state index contributed by atoms with van der Waals surface area (Å²) in [4.78, 5) is 1.53. The summed E-state index contributed by atoms with van der Waals surface area (Å²) in [7, 11) is 0. The summed E-state index contributed by atoms with van der Waals surface area (Å²) in [6.45, 7) is 6.25. The van der Waals surface area contributed by atoms with Gasteiger partial charge in [0, 0.05) is 0 Å². The van der Waals surface area contributed by atoms with Crippen molar-refractivity contribution in [1.82, 2.24) is 15.0 Å². The second-order valence-corrected chi connectivity index (χ2v) is 5.54. The Kier molecular flexibility index (Phi) is 3.37. The molecule has 1 aromatic heterocycles. The maximum Gasteiger partial charge on any atom is 0.146 e. The number of aryl methyl sites for hydroxylation is 1. The normalized spacial score (nSPS) is 11.4. The number of aromatic nitrogens is 3. The molecule has 21 heavy (non-hydrogen) atoms. The molecule has 0 saturated carbocycles. The zero-order chi connectivity index (χ0) is 15.0. The molecule has 0 unspecified atom stereocenters. The Hall–Kier alpha value is -2.36. The highest BCUT2D eigenvalue weighted by Gasteiger charge is 2.15. The molecule has 0 fully saturated rings. The average molecular weight is 281 g/mol. The van der Waals surface area contributed by atoms with E-state index in [-0.39, 0.29) is 11.7 Å². The Morgan fingerprint density at radius 1 is 1.10 bits per heavy atom. The maximum absolute atomic E-state index is 10.6. The fourth-order valence-electron chi connectivity index (χ4n) is 2.47. The third-order valence-electron chi connectivity index (χ3n) is 3.71. The highest BCUT2D eigenvalue weighted by Crippen LogP contribution is 2.33. The molecular formula is C17H19N3O. The van der Waals surface area contributed by atoms with E-state index in [0.717, 1.165) is 23.0 Å². The van der Waals surface area contributed by atoms with Gasteiger partial charge in [0.05, 0.1) is 0 Å². The van der Waals surface area contributed by atoms with Gasteiger partial charge in [-0.15, -0.1) is 15.0 Å². The molecule has 0 saturated heterocycles. The summed E-state index contributed by atoms with van der Waals surface area (Å²) in [6.07, 6.45) is 0.911. The van der Waals surface area contributed by atoms with E-state index in [0.29, 0.717) is 5.69 Å². The number of aromatic hydroxyl groups is 1. The van der Waals surface area contributed by atoms with Gasteiger partial charge < -0.3 is 5.11 Å². The number of fused-ring (bicyclic) bond motifs is 1. The van der Waals surface area contributed by atoms with Crippen molar-refractivity contribution in [2.45, 2.75) is 33.1 Å². The van der Waals surface area contributed by atoms with Gasteiger partial charge in [-0.1, -0.05) is 39.0 Å². The van der Waals surface area contributed by atoms with Gasteiger partial charge in [-0.3, -0.25) is 0 Å². The lowest BCUT2D eigenvalue weighted by atomic mass is 9.97. The second-order valence-electron chi connectivity index (χ2n) is 5.54.